The molecule has 1 aromatic heterocycles. The first-order valence-corrected chi connectivity index (χ1v) is 12.2. The maximum absolute atomic E-state index is 13.8. The van der Waals surface area contributed by atoms with E-state index in [9.17, 15) is 18.0 Å². The molecule has 0 N–H and O–H groups in total. The van der Waals surface area contributed by atoms with E-state index in [2.05, 4.69) is 0 Å². The summed E-state index contributed by atoms with van der Waals surface area (Å²) in [6.45, 7) is 5.05. The molecular weight excluding hydrogens is 434 g/mol. The van der Waals surface area contributed by atoms with Crippen molar-refractivity contribution in [1.82, 2.24) is 0 Å². The number of sulfonamides is 1. The van der Waals surface area contributed by atoms with Crippen LogP contribution in [0, 0.1) is 0 Å². The first-order chi connectivity index (χ1) is 14.8. The molecule has 0 saturated heterocycles. The lowest BCUT2D eigenvalue weighted by molar-refractivity contribution is -0.115. The average molecular weight is 456 g/mol. The van der Waals surface area contributed by atoms with Gasteiger partial charge in [-0.15, -0.1) is 0 Å². The molecule has 1 heterocycles. The fraction of sp³-hybridized carbons (Fsp3) is 0.217. The standard InChI is InChI=1S/C23H21NO5S2/c1-4-15-10-11-16(5-2)21(12-15)31(27,28)24(14(3)25)19-13-20-22(29-23(26)30-20)18-9-7-6-8-17(18)19/h6-13H,4-5H2,1-3H3. The number of hydrogen-bond acceptors (Lipinski definition) is 6. The van der Waals surface area contributed by atoms with Crippen LogP contribution in [0.3, 0.4) is 0 Å². The zero-order chi connectivity index (χ0) is 22.3. The molecule has 4 aromatic rings. The van der Waals surface area contributed by atoms with Crippen LogP contribution in [0.5, 0.6) is 0 Å². The van der Waals surface area contributed by atoms with Gasteiger partial charge in [0.2, 0.25) is 5.91 Å². The van der Waals surface area contributed by atoms with Crippen molar-refractivity contribution in [2.24, 2.45) is 0 Å². The van der Waals surface area contributed by atoms with Crippen molar-refractivity contribution in [2.45, 2.75) is 38.5 Å². The van der Waals surface area contributed by atoms with Gasteiger partial charge in [0.15, 0.2) is 5.58 Å². The number of anilines is 1. The van der Waals surface area contributed by atoms with Gasteiger partial charge >= 0.3 is 4.94 Å². The van der Waals surface area contributed by atoms with Gasteiger partial charge in [-0.05, 0) is 36.1 Å². The molecule has 31 heavy (non-hydrogen) atoms. The van der Waals surface area contributed by atoms with E-state index in [1.54, 1.807) is 42.5 Å². The third-order valence-electron chi connectivity index (χ3n) is 5.26. The Bertz CT molecular complexity index is 1480. The van der Waals surface area contributed by atoms with Crippen LogP contribution in [0.2, 0.25) is 0 Å². The maximum Gasteiger partial charge on any atom is 0.396 e. The van der Waals surface area contributed by atoms with E-state index in [4.69, 9.17) is 4.42 Å². The van der Waals surface area contributed by atoms with E-state index in [0.717, 1.165) is 21.2 Å². The minimum atomic E-state index is -4.20. The second-order valence-electron chi connectivity index (χ2n) is 7.16. The van der Waals surface area contributed by atoms with Crippen LogP contribution in [0.4, 0.5) is 5.69 Å². The summed E-state index contributed by atoms with van der Waals surface area (Å²) in [6, 6.07) is 13.9. The third kappa shape index (κ3) is 3.55. The molecule has 0 saturated carbocycles. The van der Waals surface area contributed by atoms with Crippen LogP contribution in [0.15, 0.2) is 62.6 Å². The predicted octanol–water partition coefficient (Wildman–Crippen LogP) is 4.87. The molecule has 160 valence electrons. The van der Waals surface area contributed by atoms with E-state index in [-0.39, 0.29) is 10.6 Å². The van der Waals surface area contributed by atoms with Crippen LogP contribution >= 0.6 is 11.3 Å². The van der Waals surface area contributed by atoms with Crippen molar-refractivity contribution < 1.29 is 17.6 Å². The van der Waals surface area contributed by atoms with Gasteiger partial charge < -0.3 is 4.42 Å². The summed E-state index contributed by atoms with van der Waals surface area (Å²) >= 11 is 0.875. The van der Waals surface area contributed by atoms with Gasteiger partial charge in [-0.3, -0.25) is 4.79 Å². The second-order valence-corrected chi connectivity index (χ2v) is 9.89. The average Bonchev–Trinajstić information content (AvgIpc) is 3.13. The van der Waals surface area contributed by atoms with Gasteiger partial charge in [0, 0.05) is 17.7 Å². The first-order valence-electron chi connectivity index (χ1n) is 9.91. The molecule has 3 aromatic carbocycles. The van der Waals surface area contributed by atoms with Gasteiger partial charge in [0.05, 0.1) is 15.3 Å². The molecule has 1 amide bonds. The van der Waals surface area contributed by atoms with Gasteiger partial charge in [0.1, 0.15) is 0 Å². The Morgan fingerprint density at radius 3 is 2.39 bits per heavy atom. The molecule has 0 unspecified atom stereocenters. The van der Waals surface area contributed by atoms with Crippen molar-refractivity contribution in [3.63, 3.8) is 0 Å². The summed E-state index contributed by atoms with van der Waals surface area (Å²) in [4.78, 5) is 24.3. The minimum absolute atomic E-state index is 0.120. The highest BCUT2D eigenvalue weighted by atomic mass is 32.2. The Balaban J connectivity index is 2.06. The minimum Gasteiger partial charge on any atom is -0.413 e. The largest absolute Gasteiger partial charge is 0.413 e. The van der Waals surface area contributed by atoms with Crippen molar-refractivity contribution in [3.05, 3.63) is 69.4 Å². The van der Waals surface area contributed by atoms with E-state index in [1.807, 2.05) is 19.9 Å². The molecule has 0 aliphatic carbocycles. The summed E-state index contributed by atoms with van der Waals surface area (Å²) in [5.74, 6) is -0.635. The SMILES string of the molecule is CCc1ccc(CC)c(S(=O)(=O)N(C(C)=O)c2cc3sc(=O)oc3c3ccccc23)c1. The monoisotopic (exact) mass is 455 g/mol. The van der Waals surface area contributed by atoms with Crippen molar-refractivity contribution in [1.29, 1.82) is 0 Å². The summed E-state index contributed by atoms with van der Waals surface area (Å²) in [7, 11) is -4.20. The molecule has 0 aliphatic heterocycles. The summed E-state index contributed by atoms with van der Waals surface area (Å²) in [6.07, 6.45) is 1.18. The van der Waals surface area contributed by atoms with Gasteiger partial charge in [-0.1, -0.05) is 61.6 Å². The zero-order valence-corrected chi connectivity index (χ0v) is 19.0. The molecule has 8 heteroatoms. The quantitative estimate of drug-likeness (QED) is 0.428. The molecule has 0 radical (unpaired) electrons. The fourth-order valence-electron chi connectivity index (χ4n) is 3.77. The second kappa shape index (κ2) is 7.94. The lowest BCUT2D eigenvalue weighted by Gasteiger charge is -2.24. The fourth-order valence-corrected chi connectivity index (χ4v) is 6.27. The van der Waals surface area contributed by atoms with Gasteiger partial charge in [-0.2, -0.15) is 0 Å². The zero-order valence-electron chi connectivity index (χ0n) is 17.3. The molecule has 0 atom stereocenters. The number of rotatable bonds is 5. The summed E-state index contributed by atoms with van der Waals surface area (Å²) in [5.41, 5.74) is 2.10. The van der Waals surface area contributed by atoms with Crippen LogP contribution in [-0.4, -0.2) is 14.3 Å². The van der Waals surface area contributed by atoms with Gasteiger partial charge in [0.25, 0.3) is 10.0 Å². The molecule has 4 rings (SSSR count). The Kier molecular flexibility index (Phi) is 5.45. The molecular formula is C23H21NO5S2. The number of aryl methyl sites for hydroxylation is 2. The summed E-state index contributed by atoms with van der Waals surface area (Å²) < 4.78 is 34.3. The van der Waals surface area contributed by atoms with Crippen molar-refractivity contribution in [2.75, 3.05) is 4.31 Å². The first kappa shape index (κ1) is 21.3. The number of carbonyl (C=O) groups is 1. The topological polar surface area (TPSA) is 84.7 Å². The smallest absolute Gasteiger partial charge is 0.396 e. The Labute approximate surface area is 183 Å². The molecule has 0 aliphatic rings. The van der Waals surface area contributed by atoms with Crippen molar-refractivity contribution >= 4 is 54.0 Å². The molecule has 0 bridgehead atoms. The lowest BCUT2D eigenvalue weighted by Crippen LogP contribution is -2.36. The molecule has 0 spiro atoms. The van der Waals surface area contributed by atoms with Crippen LogP contribution in [0.1, 0.15) is 31.9 Å². The number of fused-ring (bicyclic) bond motifs is 3. The maximum atomic E-state index is 13.8. The van der Waals surface area contributed by atoms with Crippen molar-refractivity contribution in [3.8, 4) is 0 Å². The van der Waals surface area contributed by atoms with E-state index in [0.29, 0.717) is 39.5 Å². The van der Waals surface area contributed by atoms with E-state index in [1.165, 1.54) is 6.92 Å². The van der Waals surface area contributed by atoms with E-state index >= 15 is 0 Å². The highest BCUT2D eigenvalue weighted by Crippen LogP contribution is 2.38. The summed E-state index contributed by atoms with van der Waals surface area (Å²) in [5, 5.41) is 1.09. The Hall–Kier alpha value is -2.97. The highest BCUT2D eigenvalue weighted by molar-refractivity contribution is 7.93. The Morgan fingerprint density at radius 1 is 1.03 bits per heavy atom. The van der Waals surface area contributed by atoms with Crippen LogP contribution in [0.25, 0.3) is 21.1 Å². The molecule has 6 nitrogen and oxygen atoms in total. The predicted molar refractivity (Wildman–Crippen MR) is 123 cm³/mol. The normalized spacial score (nSPS) is 11.8. The highest BCUT2D eigenvalue weighted by Gasteiger charge is 2.32. The Morgan fingerprint density at radius 2 is 1.74 bits per heavy atom. The number of benzene rings is 3. The van der Waals surface area contributed by atoms with E-state index < -0.39 is 20.9 Å². The van der Waals surface area contributed by atoms with Gasteiger partial charge in [-0.25, -0.2) is 17.5 Å². The van der Waals surface area contributed by atoms with Crippen LogP contribution in [-0.2, 0) is 27.7 Å². The number of carbonyl (C=O) groups excluding carboxylic acids is 1. The van der Waals surface area contributed by atoms with Crippen LogP contribution < -0.4 is 9.24 Å². The number of amides is 1. The third-order valence-corrected chi connectivity index (χ3v) is 7.91. The molecule has 0 fully saturated rings. The number of hydrogen-bond donors (Lipinski definition) is 0. The lowest BCUT2D eigenvalue weighted by atomic mass is 10.1. The number of nitrogens with zero attached hydrogens (tertiary/aromatic N) is 1.